The molecule has 3 aromatic heterocycles. The number of halogens is 4. The van der Waals surface area contributed by atoms with Gasteiger partial charge in [0, 0.05) is 37.0 Å². The van der Waals surface area contributed by atoms with Crippen molar-refractivity contribution < 1.29 is 17.9 Å². The Kier molecular flexibility index (Phi) is 5.33. The van der Waals surface area contributed by atoms with Crippen LogP contribution in [0.3, 0.4) is 0 Å². The van der Waals surface area contributed by atoms with E-state index in [1.807, 2.05) is 4.90 Å². The summed E-state index contributed by atoms with van der Waals surface area (Å²) in [4.78, 5) is 21.2. The maximum atomic E-state index is 12.7. The summed E-state index contributed by atoms with van der Waals surface area (Å²) in [7, 11) is 0. The van der Waals surface area contributed by atoms with E-state index in [9.17, 15) is 18.0 Å². The van der Waals surface area contributed by atoms with Gasteiger partial charge in [-0.3, -0.25) is 9.78 Å². The predicted octanol–water partition coefficient (Wildman–Crippen LogP) is 3.56. The van der Waals surface area contributed by atoms with Gasteiger partial charge in [-0.05, 0) is 17.7 Å². The number of aromatic nitrogens is 4. The second-order valence-corrected chi connectivity index (χ2v) is 7.06. The van der Waals surface area contributed by atoms with Gasteiger partial charge in [0.05, 0.1) is 18.4 Å². The van der Waals surface area contributed by atoms with Crippen LogP contribution >= 0.6 is 11.6 Å². The van der Waals surface area contributed by atoms with Crippen molar-refractivity contribution in [2.24, 2.45) is 0 Å². The molecule has 4 rings (SSSR count). The molecule has 11 heteroatoms. The van der Waals surface area contributed by atoms with Crippen molar-refractivity contribution in [2.75, 3.05) is 18.0 Å². The van der Waals surface area contributed by atoms with Gasteiger partial charge < -0.3 is 9.64 Å². The molecule has 156 valence electrons. The fourth-order valence-electron chi connectivity index (χ4n) is 3.19. The number of ether oxygens (including phenoxy) is 1. The van der Waals surface area contributed by atoms with Crippen molar-refractivity contribution in [3.63, 3.8) is 0 Å². The minimum absolute atomic E-state index is 0.0700. The topological polar surface area (TPSA) is 84.0 Å². The summed E-state index contributed by atoms with van der Waals surface area (Å²) in [5, 5.41) is 6.12. The molecule has 1 aliphatic rings. The lowest BCUT2D eigenvalue weighted by molar-refractivity contribution is -0.141. The zero-order chi connectivity index (χ0) is 21.3. The Morgan fingerprint density at radius 1 is 1.17 bits per heavy atom. The van der Waals surface area contributed by atoms with E-state index in [2.05, 4.69) is 20.2 Å². The summed E-state index contributed by atoms with van der Waals surface area (Å²) in [6.45, 7) is 1.11. The Balaban J connectivity index is 1.46. The van der Waals surface area contributed by atoms with E-state index >= 15 is 0 Å². The van der Waals surface area contributed by atoms with E-state index in [0.717, 1.165) is 6.07 Å². The molecule has 1 fully saturated rings. The standard InChI is InChI=1S/C19H15ClF3N5O2/c20-17-14(9-26-27-18(17)29)28-6-4-13(10-28)30-16-7-11(3-5-24-16)12-1-2-15(25-8-12)19(21,22)23/h1-3,5,7-9,13H,4,6,10H2,(H,27,29)/t13-/m1/s1. The lowest BCUT2D eigenvalue weighted by atomic mass is 10.1. The quantitative estimate of drug-likeness (QED) is 0.672. The summed E-state index contributed by atoms with van der Waals surface area (Å²) in [6.07, 6.45) is 0.170. The number of pyridine rings is 2. The van der Waals surface area contributed by atoms with Crippen molar-refractivity contribution in [2.45, 2.75) is 18.7 Å². The molecule has 0 saturated carbocycles. The lowest BCUT2D eigenvalue weighted by Crippen LogP contribution is -2.26. The number of anilines is 1. The van der Waals surface area contributed by atoms with E-state index in [1.54, 1.807) is 12.1 Å². The molecular formula is C19H15ClF3N5O2. The van der Waals surface area contributed by atoms with Gasteiger partial charge in [0.1, 0.15) is 16.8 Å². The van der Waals surface area contributed by atoms with E-state index in [1.165, 1.54) is 24.7 Å². The van der Waals surface area contributed by atoms with Crippen LogP contribution in [0.15, 0.2) is 47.7 Å². The van der Waals surface area contributed by atoms with Crippen molar-refractivity contribution in [1.29, 1.82) is 0 Å². The Morgan fingerprint density at radius 2 is 2.00 bits per heavy atom. The number of hydrogen-bond donors (Lipinski definition) is 1. The number of nitrogens with one attached hydrogen (secondary N) is 1. The SMILES string of the molecule is O=c1[nH]ncc(N2CC[C@@H](Oc3cc(-c4ccc(C(F)(F)F)nc4)ccn3)C2)c1Cl. The average molecular weight is 438 g/mol. The average Bonchev–Trinajstić information content (AvgIpc) is 3.18. The summed E-state index contributed by atoms with van der Waals surface area (Å²) >= 11 is 6.05. The zero-order valence-electron chi connectivity index (χ0n) is 15.4. The van der Waals surface area contributed by atoms with Gasteiger partial charge in [0.2, 0.25) is 5.88 Å². The molecular weight excluding hydrogens is 423 g/mol. The third-order valence-corrected chi connectivity index (χ3v) is 5.04. The normalized spacial score (nSPS) is 16.7. The first-order valence-corrected chi connectivity index (χ1v) is 9.33. The number of rotatable bonds is 4. The third kappa shape index (κ3) is 4.23. The Morgan fingerprint density at radius 3 is 2.73 bits per heavy atom. The van der Waals surface area contributed by atoms with E-state index in [4.69, 9.17) is 16.3 Å². The molecule has 3 aromatic rings. The third-order valence-electron chi connectivity index (χ3n) is 4.67. The fraction of sp³-hybridized carbons (Fsp3) is 0.263. The fourth-order valence-corrected chi connectivity index (χ4v) is 3.40. The van der Waals surface area contributed by atoms with Crippen LogP contribution in [0.4, 0.5) is 18.9 Å². The van der Waals surface area contributed by atoms with Crippen LogP contribution in [-0.4, -0.2) is 39.4 Å². The van der Waals surface area contributed by atoms with Gasteiger partial charge in [-0.15, -0.1) is 0 Å². The Labute approximate surface area is 173 Å². The summed E-state index contributed by atoms with van der Waals surface area (Å²) in [6, 6.07) is 5.60. The first-order chi connectivity index (χ1) is 14.3. The predicted molar refractivity (Wildman–Crippen MR) is 104 cm³/mol. The molecule has 0 aromatic carbocycles. The van der Waals surface area contributed by atoms with E-state index in [0.29, 0.717) is 42.2 Å². The van der Waals surface area contributed by atoms with Crippen molar-refractivity contribution >= 4 is 17.3 Å². The monoisotopic (exact) mass is 437 g/mol. The molecule has 1 N–H and O–H groups in total. The largest absolute Gasteiger partial charge is 0.472 e. The minimum atomic E-state index is -4.48. The highest BCUT2D eigenvalue weighted by molar-refractivity contribution is 6.33. The molecule has 0 radical (unpaired) electrons. The van der Waals surface area contributed by atoms with Gasteiger partial charge in [0.25, 0.3) is 5.56 Å². The van der Waals surface area contributed by atoms with Crippen LogP contribution in [0.25, 0.3) is 11.1 Å². The maximum absolute atomic E-state index is 12.7. The Bertz CT molecular complexity index is 1100. The number of aromatic amines is 1. The molecule has 4 heterocycles. The van der Waals surface area contributed by atoms with Crippen LogP contribution in [0.1, 0.15) is 12.1 Å². The molecule has 30 heavy (non-hydrogen) atoms. The highest BCUT2D eigenvalue weighted by Gasteiger charge is 2.32. The van der Waals surface area contributed by atoms with Crippen LogP contribution in [0.5, 0.6) is 5.88 Å². The number of H-pyrrole nitrogens is 1. The maximum Gasteiger partial charge on any atom is 0.433 e. The molecule has 7 nitrogen and oxygen atoms in total. The first-order valence-electron chi connectivity index (χ1n) is 8.96. The van der Waals surface area contributed by atoms with Gasteiger partial charge in [-0.2, -0.15) is 18.3 Å². The van der Waals surface area contributed by atoms with Crippen molar-refractivity contribution in [1.82, 2.24) is 20.2 Å². The van der Waals surface area contributed by atoms with E-state index < -0.39 is 17.4 Å². The van der Waals surface area contributed by atoms with Crippen molar-refractivity contribution in [3.8, 4) is 17.0 Å². The molecule has 0 unspecified atom stereocenters. The van der Waals surface area contributed by atoms with Crippen LogP contribution in [-0.2, 0) is 6.18 Å². The second-order valence-electron chi connectivity index (χ2n) is 6.69. The van der Waals surface area contributed by atoms with Crippen molar-refractivity contribution in [3.05, 3.63) is 63.9 Å². The van der Waals surface area contributed by atoms with Gasteiger partial charge in [-0.1, -0.05) is 17.7 Å². The Hall–Kier alpha value is -3.14. The highest BCUT2D eigenvalue weighted by Crippen LogP contribution is 2.30. The first kappa shape index (κ1) is 20.1. The molecule has 0 aliphatic carbocycles. The number of nitrogens with zero attached hydrogens (tertiary/aromatic N) is 4. The smallest absolute Gasteiger partial charge is 0.433 e. The second kappa shape index (κ2) is 7.94. The van der Waals surface area contributed by atoms with Crippen LogP contribution in [0, 0.1) is 0 Å². The molecule has 1 aliphatic heterocycles. The summed E-state index contributed by atoms with van der Waals surface area (Å²) in [5.74, 6) is 0.342. The molecule has 1 saturated heterocycles. The summed E-state index contributed by atoms with van der Waals surface area (Å²) in [5.41, 5.74) is 0.278. The van der Waals surface area contributed by atoms with Gasteiger partial charge in [0.15, 0.2) is 0 Å². The highest BCUT2D eigenvalue weighted by atomic mass is 35.5. The molecule has 0 bridgehead atoms. The van der Waals surface area contributed by atoms with E-state index in [-0.39, 0.29) is 11.1 Å². The zero-order valence-corrected chi connectivity index (χ0v) is 16.1. The molecule has 0 amide bonds. The van der Waals surface area contributed by atoms with Crippen LogP contribution < -0.4 is 15.2 Å². The number of alkyl halides is 3. The minimum Gasteiger partial charge on any atom is -0.472 e. The number of hydrogen-bond acceptors (Lipinski definition) is 6. The van der Waals surface area contributed by atoms with Gasteiger partial charge in [-0.25, -0.2) is 10.1 Å². The van der Waals surface area contributed by atoms with Crippen LogP contribution in [0.2, 0.25) is 5.02 Å². The lowest BCUT2D eigenvalue weighted by Gasteiger charge is -2.19. The van der Waals surface area contributed by atoms with Gasteiger partial charge >= 0.3 is 6.18 Å². The molecule has 0 spiro atoms. The summed E-state index contributed by atoms with van der Waals surface area (Å²) < 4.78 is 44.0. The molecule has 1 atom stereocenters.